The molecule has 0 spiro atoms. The molecule has 2 heteroatoms. The summed E-state index contributed by atoms with van der Waals surface area (Å²) in [5.74, 6) is 0.596. The Morgan fingerprint density at radius 1 is 1.58 bits per heavy atom. The molecule has 2 rings (SSSR count). The first kappa shape index (κ1) is 7.50. The molecule has 0 radical (unpaired) electrons. The summed E-state index contributed by atoms with van der Waals surface area (Å²) in [4.78, 5) is 4.36. The molecular formula is C10H12N2. The van der Waals surface area contributed by atoms with E-state index in [1.165, 1.54) is 11.3 Å². The van der Waals surface area contributed by atoms with Crippen molar-refractivity contribution in [1.82, 2.24) is 10.3 Å². The summed E-state index contributed by atoms with van der Waals surface area (Å²) < 4.78 is 0. The number of aromatic nitrogens is 1. The quantitative estimate of drug-likeness (QED) is 0.707. The summed E-state index contributed by atoms with van der Waals surface area (Å²) in [7, 11) is 0. The topological polar surface area (TPSA) is 24.9 Å². The van der Waals surface area contributed by atoms with Gasteiger partial charge in [0.1, 0.15) is 0 Å². The molecule has 0 aromatic carbocycles. The maximum absolute atomic E-state index is 4.36. The van der Waals surface area contributed by atoms with Gasteiger partial charge in [0, 0.05) is 25.2 Å². The molecule has 1 fully saturated rings. The normalized spacial score (nSPS) is 17.0. The van der Waals surface area contributed by atoms with Gasteiger partial charge in [0.25, 0.3) is 0 Å². The number of nitrogens with zero attached hydrogens (tertiary/aromatic N) is 1. The molecule has 0 amide bonds. The highest BCUT2D eigenvalue weighted by Gasteiger charge is 2.21. The molecule has 1 aliphatic heterocycles. The molecule has 1 aromatic rings. The van der Waals surface area contributed by atoms with Crippen molar-refractivity contribution in [1.29, 1.82) is 0 Å². The molecule has 1 N–H and O–H groups in total. The predicted octanol–water partition coefficient (Wildman–Crippen LogP) is 1.41. The minimum absolute atomic E-state index is 0.596. The molecular weight excluding hydrogens is 148 g/mol. The second-order valence-electron chi connectivity index (χ2n) is 3.04. The zero-order chi connectivity index (χ0) is 8.39. The SMILES string of the molecule is C=Cc1cccnc1C1CNC1. The third kappa shape index (κ3) is 1.14. The van der Waals surface area contributed by atoms with Crippen LogP contribution >= 0.6 is 0 Å². The lowest BCUT2D eigenvalue weighted by Crippen LogP contribution is -2.40. The Morgan fingerprint density at radius 3 is 3.00 bits per heavy atom. The number of hydrogen-bond acceptors (Lipinski definition) is 2. The van der Waals surface area contributed by atoms with Gasteiger partial charge < -0.3 is 5.32 Å². The Bertz CT molecular complexity index is 290. The molecule has 0 aliphatic carbocycles. The zero-order valence-corrected chi connectivity index (χ0v) is 6.96. The number of nitrogens with one attached hydrogen (secondary N) is 1. The molecule has 1 aromatic heterocycles. The Morgan fingerprint density at radius 2 is 2.42 bits per heavy atom. The van der Waals surface area contributed by atoms with Crippen LogP contribution in [-0.2, 0) is 0 Å². The van der Waals surface area contributed by atoms with Gasteiger partial charge >= 0.3 is 0 Å². The van der Waals surface area contributed by atoms with Crippen molar-refractivity contribution in [2.45, 2.75) is 5.92 Å². The number of hydrogen-bond donors (Lipinski definition) is 1. The van der Waals surface area contributed by atoms with E-state index in [-0.39, 0.29) is 0 Å². The second-order valence-corrected chi connectivity index (χ2v) is 3.04. The smallest absolute Gasteiger partial charge is 0.0531 e. The number of pyridine rings is 1. The summed E-state index contributed by atoms with van der Waals surface area (Å²) in [5.41, 5.74) is 2.36. The highest BCUT2D eigenvalue weighted by Crippen LogP contribution is 2.21. The first-order valence-corrected chi connectivity index (χ1v) is 4.20. The van der Waals surface area contributed by atoms with E-state index in [0.717, 1.165) is 13.1 Å². The standard InChI is InChI=1S/C10H12N2/c1-2-8-4-3-5-12-10(8)9-6-11-7-9/h2-5,9,11H,1,6-7H2. The lowest BCUT2D eigenvalue weighted by atomic mass is 9.95. The molecule has 0 atom stereocenters. The first-order valence-electron chi connectivity index (χ1n) is 4.20. The summed E-state index contributed by atoms with van der Waals surface area (Å²) in [6.07, 6.45) is 3.72. The maximum atomic E-state index is 4.36. The van der Waals surface area contributed by atoms with Crippen molar-refractivity contribution in [3.63, 3.8) is 0 Å². The monoisotopic (exact) mass is 160 g/mol. The Balaban J connectivity index is 2.33. The summed E-state index contributed by atoms with van der Waals surface area (Å²) in [6.45, 7) is 5.88. The van der Waals surface area contributed by atoms with E-state index < -0.39 is 0 Å². The molecule has 1 saturated heterocycles. The van der Waals surface area contributed by atoms with Crippen LogP contribution in [0.2, 0.25) is 0 Å². The third-order valence-corrected chi connectivity index (χ3v) is 2.26. The van der Waals surface area contributed by atoms with Gasteiger partial charge in [-0.3, -0.25) is 4.98 Å². The lowest BCUT2D eigenvalue weighted by Gasteiger charge is -2.27. The fourth-order valence-corrected chi connectivity index (χ4v) is 1.43. The molecule has 1 aliphatic rings. The fourth-order valence-electron chi connectivity index (χ4n) is 1.43. The minimum Gasteiger partial charge on any atom is -0.315 e. The fraction of sp³-hybridized carbons (Fsp3) is 0.300. The molecule has 12 heavy (non-hydrogen) atoms. The average molecular weight is 160 g/mol. The van der Waals surface area contributed by atoms with E-state index in [0.29, 0.717) is 5.92 Å². The van der Waals surface area contributed by atoms with Crippen molar-refractivity contribution in [2.75, 3.05) is 13.1 Å². The molecule has 2 nitrogen and oxygen atoms in total. The van der Waals surface area contributed by atoms with Gasteiger partial charge in [0.2, 0.25) is 0 Å². The zero-order valence-electron chi connectivity index (χ0n) is 6.96. The van der Waals surface area contributed by atoms with E-state index in [9.17, 15) is 0 Å². The Kier molecular flexibility index (Phi) is 1.92. The van der Waals surface area contributed by atoms with Gasteiger partial charge in [0.15, 0.2) is 0 Å². The lowest BCUT2D eigenvalue weighted by molar-refractivity contribution is 0.439. The highest BCUT2D eigenvalue weighted by molar-refractivity contribution is 5.50. The van der Waals surface area contributed by atoms with Crippen LogP contribution in [0.25, 0.3) is 6.08 Å². The van der Waals surface area contributed by atoms with Crippen LogP contribution < -0.4 is 5.32 Å². The van der Waals surface area contributed by atoms with Crippen molar-refractivity contribution in [2.24, 2.45) is 0 Å². The summed E-state index contributed by atoms with van der Waals surface area (Å²) in [5, 5.41) is 3.24. The van der Waals surface area contributed by atoms with Crippen LogP contribution in [0.3, 0.4) is 0 Å². The molecule has 0 bridgehead atoms. The second kappa shape index (κ2) is 3.07. The largest absolute Gasteiger partial charge is 0.315 e. The number of rotatable bonds is 2. The first-order chi connectivity index (χ1) is 5.92. The van der Waals surface area contributed by atoms with Crippen LogP contribution in [0, 0.1) is 0 Å². The van der Waals surface area contributed by atoms with Crippen molar-refractivity contribution < 1.29 is 0 Å². The maximum Gasteiger partial charge on any atom is 0.0531 e. The van der Waals surface area contributed by atoms with E-state index in [2.05, 4.69) is 22.9 Å². The van der Waals surface area contributed by atoms with Crippen LogP contribution in [0.5, 0.6) is 0 Å². The molecule has 0 saturated carbocycles. The van der Waals surface area contributed by atoms with Gasteiger partial charge in [-0.25, -0.2) is 0 Å². The molecule has 62 valence electrons. The van der Waals surface area contributed by atoms with E-state index in [4.69, 9.17) is 0 Å². The van der Waals surface area contributed by atoms with E-state index >= 15 is 0 Å². The van der Waals surface area contributed by atoms with E-state index in [1.807, 2.05) is 18.3 Å². The van der Waals surface area contributed by atoms with Gasteiger partial charge in [-0.15, -0.1) is 0 Å². The predicted molar refractivity (Wildman–Crippen MR) is 49.9 cm³/mol. The highest BCUT2D eigenvalue weighted by atomic mass is 15.0. The average Bonchev–Trinajstić information content (AvgIpc) is 2.02. The van der Waals surface area contributed by atoms with Gasteiger partial charge in [-0.1, -0.05) is 18.7 Å². The third-order valence-electron chi connectivity index (χ3n) is 2.26. The van der Waals surface area contributed by atoms with Gasteiger partial charge in [-0.05, 0) is 11.6 Å². The van der Waals surface area contributed by atoms with Crippen molar-refractivity contribution >= 4 is 6.08 Å². The van der Waals surface area contributed by atoms with Crippen molar-refractivity contribution in [3.05, 3.63) is 36.2 Å². The van der Waals surface area contributed by atoms with Crippen LogP contribution in [-0.4, -0.2) is 18.1 Å². The summed E-state index contributed by atoms with van der Waals surface area (Å²) in [6, 6.07) is 4.01. The minimum atomic E-state index is 0.596. The van der Waals surface area contributed by atoms with E-state index in [1.54, 1.807) is 0 Å². The van der Waals surface area contributed by atoms with Crippen molar-refractivity contribution in [3.8, 4) is 0 Å². The Hall–Kier alpha value is -1.15. The summed E-state index contributed by atoms with van der Waals surface area (Å²) >= 11 is 0. The van der Waals surface area contributed by atoms with Gasteiger partial charge in [0.05, 0.1) is 5.69 Å². The van der Waals surface area contributed by atoms with Crippen LogP contribution in [0.4, 0.5) is 0 Å². The Labute approximate surface area is 72.3 Å². The van der Waals surface area contributed by atoms with Crippen LogP contribution in [0.15, 0.2) is 24.9 Å². The van der Waals surface area contributed by atoms with Gasteiger partial charge in [-0.2, -0.15) is 0 Å². The molecule has 0 unspecified atom stereocenters. The van der Waals surface area contributed by atoms with Crippen LogP contribution in [0.1, 0.15) is 17.2 Å². The molecule has 2 heterocycles.